The number of non-ortho nitro benzene ring substituents is 1. The molecule has 0 unspecified atom stereocenters. The highest BCUT2D eigenvalue weighted by Gasteiger charge is 2.12. The predicted octanol–water partition coefficient (Wildman–Crippen LogP) is 2.60. The molecule has 0 radical (unpaired) electrons. The number of fused-ring (bicyclic) bond motifs is 1. The molecule has 1 amide bonds. The molecule has 2 aromatic heterocycles. The zero-order valence-electron chi connectivity index (χ0n) is 18.2. The second-order valence-corrected chi connectivity index (χ2v) is 8.52. The maximum absolute atomic E-state index is 12.8. The van der Waals surface area contributed by atoms with Gasteiger partial charge in [-0.3, -0.25) is 24.3 Å². The summed E-state index contributed by atoms with van der Waals surface area (Å²) in [6, 6.07) is 16.1. The van der Waals surface area contributed by atoms with Crippen LogP contribution in [0.4, 0.5) is 5.69 Å². The lowest BCUT2D eigenvalue weighted by Crippen LogP contribution is -2.29. The normalized spacial score (nSPS) is 10.9. The third-order valence-corrected chi connectivity index (χ3v) is 6.09. The van der Waals surface area contributed by atoms with E-state index in [-0.39, 0.29) is 23.7 Å². The molecule has 174 valence electrons. The van der Waals surface area contributed by atoms with E-state index < -0.39 is 4.92 Å². The van der Waals surface area contributed by atoms with Gasteiger partial charge in [-0.05, 0) is 11.1 Å². The monoisotopic (exact) mass is 478 g/mol. The Bertz CT molecular complexity index is 1370. The third-order valence-electron chi connectivity index (χ3n) is 5.09. The quantitative estimate of drug-likeness (QED) is 0.274. The average Bonchev–Trinajstić information content (AvgIpc) is 3.25. The van der Waals surface area contributed by atoms with E-state index >= 15 is 0 Å². The second-order valence-electron chi connectivity index (χ2n) is 7.54. The lowest BCUT2D eigenvalue weighted by Gasteiger charge is -2.08. The minimum atomic E-state index is -0.474. The van der Waals surface area contributed by atoms with Gasteiger partial charge < -0.3 is 5.32 Å². The van der Waals surface area contributed by atoms with Crippen LogP contribution in [-0.4, -0.2) is 42.5 Å². The van der Waals surface area contributed by atoms with Crippen LogP contribution in [0.15, 0.2) is 71.9 Å². The van der Waals surface area contributed by atoms with Gasteiger partial charge in [-0.15, -0.1) is 11.8 Å². The second kappa shape index (κ2) is 10.8. The number of rotatable bonds is 10. The van der Waals surface area contributed by atoms with Crippen LogP contribution in [0.25, 0.3) is 11.0 Å². The molecule has 0 saturated carbocycles. The average molecular weight is 479 g/mol. The summed E-state index contributed by atoms with van der Waals surface area (Å²) in [6.07, 6.45) is 2.85. The molecule has 34 heavy (non-hydrogen) atoms. The standard InChI is InChI=1S/C23H22N6O4S/c30-21(15-34-14-17-5-2-1-3-6-17)24-9-10-28-22-20(12-26-28)23(31)27(16-25-22)13-18-7-4-8-19(11-18)29(32)33/h1-8,11-12,16H,9-10,13-15H2,(H,24,30). The molecular formula is C23H22N6O4S. The Hall–Kier alpha value is -3.99. The molecule has 0 aliphatic carbocycles. The van der Waals surface area contributed by atoms with Crippen LogP contribution < -0.4 is 10.9 Å². The minimum absolute atomic E-state index is 0.0343. The summed E-state index contributed by atoms with van der Waals surface area (Å²) in [4.78, 5) is 39.8. The minimum Gasteiger partial charge on any atom is -0.354 e. The lowest BCUT2D eigenvalue weighted by atomic mass is 10.2. The van der Waals surface area contributed by atoms with E-state index in [1.165, 1.54) is 34.8 Å². The van der Waals surface area contributed by atoms with Crippen molar-refractivity contribution in [1.82, 2.24) is 24.6 Å². The van der Waals surface area contributed by atoms with Crippen molar-refractivity contribution in [2.24, 2.45) is 0 Å². The molecule has 4 rings (SSSR count). The van der Waals surface area contributed by atoms with Crippen molar-refractivity contribution in [3.63, 3.8) is 0 Å². The van der Waals surface area contributed by atoms with Gasteiger partial charge in [-0.2, -0.15) is 5.10 Å². The number of nitrogens with one attached hydrogen (secondary N) is 1. The molecular weight excluding hydrogens is 456 g/mol. The number of nitrogens with zero attached hydrogens (tertiary/aromatic N) is 5. The van der Waals surface area contributed by atoms with Crippen LogP contribution in [-0.2, 0) is 23.6 Å². The fraction of sp³-hybridized carbons (Fsp3) is 0.217. The van der Waals surface area contributed by atoms with Gasteiger partial charge in [0.05, 0.1) is 30.0 Å². The summed E-state index contributed by atoms with van der Waals surface area (Å²) < 4.78 is 2.96. The Morgan fingerprint density at radius 3 is 2.71 bits per heavy atom. The lowest BCUT2D eigenvalue weighted by molar-refractivity contribution is -0.384. The van der Waals surface area contributed by atoms with Crippen molar-refractivity contribution in [3.8, 4) is 0 Å². The first-order chi connectivity index (χ1) is 16.5. The zero-order valence-corrected chi connectivity index (χ0v) is 19.0. The van der Waals surface area contributed by atoms with E-state index in [9.17, 15) is 19.7 Å². The van der Waals surface area contributed by atoms with Gasteiger partial charge in [0.1, 0.15) is 11.7 Å². The van der Waals surface area contributed by atoms with Crippen LogP contribution in [0, 0.1) is 10.1 Å². The van der Waals surface area contributed by atoms with Crippen LogP contribution in [0.3, 0.4) is 0 Å². The van der Waals surface area contributed by atoms with Crippen LogP contribution >= 0.6 is 11.8 Å². The van der Waals surface area contributed by atoms with Crippen LogP contribution in [0.2, 0.25) is 0 Å². The fourth-order valence-corrected chi connectivity index (χ4v) is 4.24. The van der Waals surface area contributed by atoms with Gasteiger partial charge >= 0.3 is 0 Å². The van der Waals surface area contributed by atoms with Gasteiger partial charge in [-0.25, -0.2) is 9.67 Å². The molecule has 0 saturated heterocycles. The molecule has 0 aliphatic rings. The summed E-state index contributed by atoms with van der Waals surface area (Å²) >= 11 is 1.54. The smallest absolute Gasteiger partial charge is 0.269 e. The first-order valence-corrected chi connectivity index (χ1v) is 11.7. The van der Waals surface area contributed by atoms with E-state index in [1.54, 1.807) is 28.6 Å². The predicted molar refractivity (Wildman–Crippen MR) is 130 cm³/mol. The van der Waals surface area contributed by atoms with Gasteiger partial charge in [-0.1, -0.05) is 42.5 Å². The number of carbonyl (C=O) groups is 1. The Balaban J connectivity index is 1.33. The molecule has 0 spiro atoms. The molecule has 2 aromatic carbocycles. The zero-order chi connectivity index (χ0) is 23.9. The number of hydrogen-bond donors (Lipinski definition) is 1. The Morgan fingerprint density at radius 2 is 1.91 bits per heavy atom. The topological polar surface area (TPSA) is 125 Å². The van der Waals surface area contributed by atoms with Gasteiger partial charge in [0, 0.05) is 24.4 Å². The van der Waals surface area contributed by atoms with Crippen molar-refractivity contribution in [2.75, 3.05) is 12.3 Å². The number of carbonyl (C=O) groups excluding carboxylic acids is 1. The summed E-state index contributed by atoms with van der Waals surface area (Å²) in [5, 5.41) is 18.4. The number of thioether (sulfide) groups is 1. The number of amides is 1. The van der Waals surface area contributed by atoms with Crippen molar-refractivity contribution in [2.45, 2.75) is 18.8 Å². The molecule has 0 fully saturated rings. The Kier molecular flexibility index (Phi) is 7.33. The van der Waals surface area contributed by atoms with Crippen LogP contribution in [0.5, 0.6) is 0 Å². The fourth-order valence-electron chi connectivity index (χ4n) is 3.43. The first kappa shape index (κ1) is 23.2. The van der Waals surface area contributed by atoms with Gasteiger partial charge in [0.2, 0.25) is 5.91 Å². The number of nitro benzene ring substituents is 1. The molecule has 1 N–H and O–H groups in total. The molecule has 10 nitrogen and oxygen atoms in total. The Morgan fingerprint density at radius 1 is 1.12 bits per heavy atom. The Labute approximate surface area is 198 Å². The summed E-state index contributed by atoms with van der Waals surface area (Å²) in [5.41, 5.74) is 1.90. The van der Waals surface area contributed by atoms with Crippen LogP contribution in [0.1, 0.15) is 11.1 Å². The highest BCUT2D eigenvalue weighted by atomic mass is 32.2. The molecule has 0 bridgehead atoms. The number of benzene rings is 2. The maximum atomic E-state index is 12.8. The first-order valence-electron chi connectivity index (χ1n) is 10.5. The molecule has 0 atom stereocenters. The van der Waals surface area contributed by atoms with Crippen molar-refractivity contribution < 1.29 is 9.72 Å². The summed E-state index contributed by atoms with van der Waals surface area (Å²) in [7, 11) is 0. The largest absolute Gasteiger partial charge is 0.354 e. The highest BCUT2D eigenvalue weighted by Crippen LogP contribution is 2.14. The van der Waals surface area contributed by atoms with Gasteiger partial charge in [0.15, 0.2) is 5.65 Å². The van der Waals surface area contributed by atoms with E-state index in [2.05, 4.69) is 15.4 Å². The number of hydrogen-bond acceptors (Lipinski definition) is 7. The maximum Gasteiger partial charge on any atom is 0.269 e. The number of aromatic nitrogens is 4. The van der Waals surface area contributed by atoms with E-state index in [0.29, 0.717) is 35.4 Å². The molecule has 11 heteroatoms. The summed E-state index contributed by atoms with van der Waals surface area (Å²) in [5.74, 6) is 1.06. The van der Waals surface area contributed by atoms with Gasteiger partial charge in [0.25, 0.3) is 11.2 Å². The van der Waals surface area contributed by atoms with E-state index in [1.807, 2.05) is 30.3 Å². The van der Waals surface area contributed by atoms with Crippen molar-refractivity contribution in [1.29, 1.82) is 0 Å². The molecule has 0 aliphatic heterocycles. The SMILES string of the molecule is O=C(CSCc1ccccc1)NCCn1ncc2c(=O)n(Cc3cccc([N+](=O)[O-])c3)cnc21. The van der Waals surface area contributed by atoms with E-state index in [0.717, 1.165) is 5.75 Å². The summed E-state index contributed by atoms with van der Waals surface area (Å²) in [6.45, 7) is 0.894. The molecule has 4 aromatic rings. The highest BCUT2D eigenvalue weighted by molar-refractivity contribution is 7.99. The van der Waals surface area contributed by atoms with E-state index in [4.69, 9.17) is 0 Å². The molecule has 2 heterocycles. The van der Waals surface area contributed by atoms with Crippen molar-refractivity contribution >= 4 is 34.4 Å². The van der Waals surface area contributed by atoms with Crippen molar-refractivity contribution in [3.05, 3.63) is 98.7 Å². The third kappa shape index (κ3) is 5.67. The number of nitro groups is 1.